The Hall–Kier alpha value is -3.43. The molecule has 0 spiro atoms. The number of nitrogens with one attached hydrogen (secondary N) is 1. The first-order valence-corrected chi connectivity index (χ1v) is 12.3. The van der Waals surface area contributed by atoms with Gasteiger partial charge in [0.1, 0.15) is 23.5 Å². The molecule has 0 saturated heterocycles. The number of hydrogen-bond acceptors (Lipinski definition) is 9. The fourth-order valence-corrected chi connectivity index (χ4v) is 4.34. The Bertz CT molecular complexity index is 1350. The fraction of sp³-hybridized carbons (Fsp3) is 0.381. The largest absolute Gasteiger partial charge is 0.433 e. The molecule has 3 heterocycles. The Balaban J connectivity index is 1.43. The number of carbonyl (C=O) groups excluding carboxylic acids is 1. The predicted molar refractivity (Wildman–Crippen MR) is 120 cm³/mol. The Kier molecular flexibility index (Phi) is 7.33. The van der Waals surface area contributed by atoms with Crippen LogP contribution in [-0.4, -0.2) is 51.6 Å². The number of aromatic nitrogens is 5. The number of anilines is 1. The van der Waals surface area contributed by atoms with Crippen LogP contribution in [-0.2, 0) is 27.2 Å². The van der Waals surface area contributed by atoms with Crippen molar-refractivity contribution < 1.29 is 30.6 Å². The van der Waals surface area contributed by atoms with Crippen molar-refractivity contribution in [1.82, 2.24) is 24.7 Å². The third kappa shape index (κ3) is 6.61. The Morgan fingerprint density at radius 3 is 2.81 bits per heavy atom. The van der Waals surface area contributed by atoms with Gasteiger partial charge in [0.15, 0.2) is 0 Å². The molecule has 192 valence electrons. The number of alkyl halides is 3. The number of nitrogens with two attached hydrogens (primary N) is 1. The quantitative estimate of drug-likeness (QED) is 0.400. The highest BCUT2D eigenvalue weighted by molar-refractivity contribution is 7.84. The van der Waals surface area contributed by atoms with E-state index in [9.17, 15) is 26.4 Å². The van der Waals surface area contributed by atoms with Crippen LogP contribution in [0.1, 0.15) is 46.7 Å². The molecule has 1 saturated carbocycles. The van der Waals surface area contributed by atoms with E-state index in [1.54, 1.807) is 0 Å². The molecule has 1 aliphatic carbocycles. The lowest BCUT2D eigenvalue weighted by molar-refractivity contribution is -0.141. The van der Waals surface area contributed by atoms with Crippen LogP contribution in [0.4, 0.5) is 19.0 Å². The van der Waals surface area contributed by atoms with Crippen molar-refractivity contribution in [2.45, 2.75) is 38.0 Å². The van der Waals surface area contributed by atoms with E-state index in [0.29, 0.717) is 25.1 Å². The second-order valence-electron chi connectivity index (χ2n) is 8.32. The maximum Gasteiger partial charge on any atom is 0.433 e. The van der Waals surface area contributed by atoms with E-state index >= 15 is 0 Å². The lowest BCUT2D eigenvalue weighted by Crippen LogP contribution is -2.22. The third-order valence-corrected chi connectivity index (χ3v) is 6.07. The van der Waals surface area contributed by atoms with Gasteiger partial charge >= 0.3 is 16.5 Å². The average molecular weight is 526 g/mol. The number of nitrogens with zero attached hydrogens (tertiary/aromatic N) is 5. The van der Waals surface area contributed by atoms with Gasteiger partial charge in [0.05, 0.1) is 24.4 Å². The summed E-state index contributed by atoms with van der Waals surface area (Å²) in [4.78, 5) is 24.8. The summed E-state index contributed by atoms with van der Waals surface area (Å²) in [6.07, 6.45) is 1.54. The first kappa shape index (κ1) is 25.7. The van der Waals surface area contributed by atoms with Crippen LogP contribution in [0.3, 0.4) is 0 Å². The van der Waals surface area contributed by atoms with Crippen LogP contribution in [0.5, 0.6) is 0 Å². The molecule has 0 aliphatic heterocycles. The van der Waals surface area contributed by atoms with E-state index in [1.807, 2.05) is 0 Å². The topological polar surface area (TPSA) is 155 Å². The number of hydrogen-bond donors (Lipinski definition) is 2. The summed E-state index contributed by atoms with van der Waals surface area (Å²) in [5.74, 6) is -0.204. The maximum absolute atomic E-state index is 13.1. The molecular formula is C21H22F3N7O4S. The van der Waals surface area contributed by atoms with Crippen LogP contribution >= 0.6 is 0 Å². The summed E-state index contributed by atoms with van der Waals surface area (Å²) in [5.41, 5.74) is -0.639. The van der Waals surface area contributed by atoms with Gasteiger partial charge in [-0.3, -0.25) is 13.7 Å². The lowest BCUT2D eigenvalue weighted by Gasteiger charge is -2.15. The smallest absolute Gasteiger partial charge is 0.367 e. The molecule has 0 aromatic carbocycles. The minimum Gasteiger partial charge on any atom is -0.367 e. The van der Waals surface area contributed by atoms with E-state index in [1.165, 1.54) is 41.6 Å². The van der Waals surface area contributed by atoms with Crippen LogP contribution in [0.25, 0.3) is 0 Å². The molecular weight excluding hydrogens is 503 g/mol. The summed E-state index contributed by atoms with van der Waals surface area (Å²) in [6.45, 7) is -0.0810. The zero-order valence-electron chi connectivity index (χ0n) is 18.7. The number of ketones is 1. The molecule has 0 amide bonds. The number of carbonyl (C=O) groups is 1. The molecule has 3 N–H and O–H groups in total. The molecule has 0 unspecified atom stereocenters. The number of halogens is 3. The SMILES string of the molecule is NS(=O)(=O)OC[C@@H]1CC[C@H](Nc2ncncc2C(=O)c2ccn(Cc3cccc(C(F)(F)F)n3)n2)C1. The minimum atomic E-state index is -4.56. The molecule has 3 aromatic rings. The second-order valence-corrected chi connectivity index (χ2v) is 9.54. The standard InChI is InChI=1S/C21H22F3N7O4S/c22-21(23,24)18-3-1-2-15(28-18)10-31-7-6-17(30-31)19(32)16-9-26-12-27-20(16)29-14-5-4-13(8-14)11-35-36(25,33)34/h1-3,6-7,9,12-14H,4-5,8,10-11H2,(H2,25,33,34)(H,26,27,29)/t13-,14+/m1/s1. The molecule has 0 radical (unpaired) electrons. The molecule has 2 atom stereocenters. The van der Waals surface area contributed by atoms with Crippen molar-refractivity contribution in [3.63, 3.8) is 0 Å². The van der Waals surface area contributed by atoms with Crippen molar-refractivity contribution in [2.75, 3.05) is 11.9 Å². The monoisotopic (exact) mass is 525 g/mol. The maximum atomic E-state index is 13.1. The van der Waals surface area contributed by atoms with Gasteiger partial charge in [0.2, 0.25) is 5.78 Å². The average Bonchev–Trinajstić information content (AvgIpc) is 3.46. The molecule has 15 heteroatoms. The highest BCUT2D eigenvalue weighted by Gasteiger charge is 2.32. The zero-order valence-corrected chi connectivity index (χ0v) is 19.5. The van der Waals surface area contributed by atoms with Crippen molar-refractivity contribution in [2.24, 2.45) is 11.1 Å². The Labute approximate surface area is 204 Å². The van der Waals surface area contributed by atoms with Crippen molar-refractivity contribution >= 4 is 21.9 Å². The third-order valence-electron chi connectivity index (χ3n) is 5.60. The number of pyridine rings is 1. The lowest BCUT2D eigenvalue weighted by atomic mass is 10.1. The van der Waals surface area contributed by atoms with E-state index in [0.717, 1.165) is 6.07 Å². The second kappa shape index (κ2) is 10.3. The van der Waals surface area contributed by atoms with Crippen LogP contribution in [0.15, 0.2) is 43.0 Å². The van der Waals surface area contributed by atoms with Gasteiger partial charge in [-0.25, -0.2) is 20.1 Å². The Morgan fingerprint density at radius 2 is 2.06 bits per heavy atom. The summed E-state index contributed by atoms with van der Waals surface area (Å²) in [7, 11) is -4.01. The van der Waals surface area contributed by atoms with Crippen LogP contribution in [0.2, 0.25) is 0 Å². The van der Waals surface area contributed by atoms with E-state index in [-0.39, 0.29) is 42.1 Å². The first-order valence-electron chi connectivity index (χ1n) is 10.8. The summed E-state index contributed by atoms with van der Waals surface area (Å²) < 4.78 is 66.7. The fourth-order valence-electron chi connectivity index (χ4n) is 3.95. The number of rotatable bonds is 9. The summed E-state index contributed by atoms with van der Waals surface area (Å²) in [5, 5.41) is 12.3. The van der Waals surface area contributed by atoms with Crippen LogP contribution in [0, 0.1) is 5.92 Å². The normalized spacial score (nSPS) is 18.3. The molecule has 3 aromatic heterocycles. The zero-order chi connectivity index (χ0) is 25.9. The molecule has 11 nitrogen and oxygen atoms in total. The van der Waals surface area contributed by atoms with E-state index in [4.69, 9.17) is 5.14 Å². The minimum absolute atomic E-state index is 0.0231. The van der Waals surface area contributed by atoms with Crippen molar-refractivity contribution in [1.29, 1.82) is 0 Å². The van der Waals surface area contributed by atoms with Gasteiger partial charge in [-0.2, -0.15) is 26.7 Å². The van der Waals surface area contributed by atoms with E-state index < -0.39 is 28.0 Å². The molecule has 4 rings (SSSR count). The van der Waals surface area contributed by atoms with Crippen molar-refractivity contribution in [3.8, 4) is 0 Å². The molecule has 1 aliphatic rings. The van der Waals surface area contributed by atoms with Gasteiger partial charge in [-0.05, 0) is 43.4 Å². The van der Waals surface area contributed by atoms with Gasteiger partial charge in [-0.15, -0.1) is 0 Å². The van der Waals surface area contributed by atoms with Gasteiger partial charge < -0.3 is 5.32 Å². The Morgan fingerprint density at radius 1 is 1.25 bits per heavy atom. The first-order chi connectivity index (χ1) is 17.0. The predicted octanol–water partition coefficient (Wildman–Crippen LogP) is 2.17. The summed E-state index contributed by atoms with van der Waals surface area (Å²) >= 11 is 0. The molecule has 1 fully saturated rings. The van der Waals surface area contributed by atoms with Crippen molar-refractivity contribution in [3.05, 3.63) is 65.6 Å². The van der Waals surface area contributed by atoms with Crippen LogP contribution < -0.4 is 10.5 Å². The van der Waals surface area contributed by atoms with Gasteiger partial charge in [0.25, 0.3) is 0 Å². The van der Waals surface area contributed by atoms with Gasteiger partial charge in [0, 0.05) is 18.4 Å². The molecule has 36 heavy (non-hydrogen) atoms. The van der Waals surface area contributed by atoms with E-state index in [2.05, 4.69) is 29.6 Å². The molecule has 0 bridgehead atoms. The highest BCUT2D eigenvalue weighted by atomic mass is 32.2. The highest BCUT2D eigenvalue weighted by Crippen LogP contribution is 2.30. The van der Waals surface area contributed by atoms with Gasteiger partial charge in [-0.1, -0.05) is 6.07 Å². The summed E-state index contributed by atoms with van der Waals surface area (Å²) in [6, 6.07) is 4.95.